The topological polar surface area (TPSA) is 9.23 Å². The molecule has 2 unspecified atom stereocenters. The summed E-state index contributed by atoms with van der Waals surface area (Å²) in [5.41, 5.74) is -0.0963. The molecule has 86 valence electrons. The molecule has 1 aliphatic carbocycles. The van der Waals surface area contributed by atoms with Gasteiger partial charge in [-0.3, -0.25) is 0 Å². The predicted octanol–water partition coefficient (Wildman–Crippen LogP) is 4.13. The Morgan fingerprint density at radius 3 is 2.47 bits per heavy atom. The van der Waals surface area contributed by atoms with E-state index < -0.39 is 0 Å². The van der Waals surface area contributed by atoms with Crippen LogP contribution >= 0.6 is 11.6 Å². The van der Waals surface area contributed by atoms with E-state index in [0.29, 0.717) is 11.8 Å². The highest BCUT2D eigenvalue weighted by molar-refractivity contribution is 6.31. The van der Waals surface area contributed by atoms with Crippen LogP contribution in [0.5, 0.6) is 0 Å². The molecule has 1 rings (SSSR count). The second-order valence-corrected chi connectivity index (χ2v) is 5.55. The van der Waals surface area contributed by atoms with Crippen molar-refractivity contribution in [3.63, 3.8) is 0 Å². The molecule has 0 aromatic carbocycles. The fourth-order valence-electron chi connectivity index (χ4n) is 1.40. The fraction of sp³-hybridized carbons (Fsp3) is 0.692. The lowest BCUT2D eigenvalue weighted by Gasteiger charge is -2.35. The number of hydrogen-bond acceptors (Lipinski definition) is 1. The molecule has 0 aromatic heterocycles. The number of rotatable bonds is 3. The van der Waals surface area contributed by atoms with E-state index in [1.807, 2.05) is 12.2 Å². The van der Waals surface area contributed by atoms with Gasteiger partial charge in [0.15, 0.2) is 0 Å². The highest BCUT2D eigenvalue weighted by Crippen LogP contribution is 2.29. The third kappa shape index (κ3) is 3.35. The number of allylic oxidation sites excluding steroid dienone is 2. The first-order valence-electron chi connectivity index (χ1n) is 5.56. The quantitative estimate of drug-likeness (QED) is 0.706. The minimum atomic E-state index is -0.0963. The number of hydrogen-bond donors (Lipinski definition) is 0. The Hall–Kier alpha value is -0.270. The maximum absolute atomic E-state index is 6.11. The second-order valence-electron chi connectivity index (χ2n) is 5.11. The van der Waals surface area contributed by atoms with Gasteiger partial charge >= 0.3 is 0 Å². The van der Waals surface area contributed by atoms with Crippen molar-refractivity contribution in [3.05, 3.63) is 23.3 Å². The molecule has 0 saturated carbocycles. The predicted molar refractivity (Wildman–Crippen MR) is 66.0 cm³/mol. The first kappa shape index (κ1) is 12.8. The molecule has 0 bridgehead atoms. The van der Waals surface area contributed by atoms with Crippen LogP contribution in [0.1, 0.15) is 34.6 Å². The summed E-state index contributed by atoms with van der Waals surface area (Å²) in [6.45, 7) is 10.8. The first-order valence-corrected chi connectivity index (χ1v) is 5.94. The lowest BCUT2D eigenvalue weighted by molar-refractivity contribution is -0.0910. The Kier molecular flexibility index (Phi) is 4.02. The van der Waals surface area contributed by atoms with Gasteiger partial charge < -0.3 is 4.74 Å². The van der Waals surface area contributed by atoms with Gasteiger partial charge in [-0.15, -0.1) is 0 Å². The van der Waals surface area contributed by atoms with Gasteiger partial charge in [-0.2, -0.15) is 0 Å². The molecule has 1 nitrogen and oxygen atoms in total. The summed E-state index contributed by atoms with van der Waals surface area (Å²) in [4.78, 5) is 0. The third-order valence-corrected chi connectivity index (χ3v) is 3.47. The molecule has 0 spiro atoms. The Morgan fingerprint density at radius 2 is 2.00 bits per heavy atom. The van der Waals surface area contributed by atoms with Crippen LogP contribution in [0.3, 0.4) is 0 Å². The van der Waals surface area contributed by atoms with Crippen LogP contribution in [0.2, 0.25) is 0 Å². The Labute approximate surface area is 98.2 Å². The molecule has 0 aliphatic heterocycles. The van der Waals surface area contributed by atoms with Gasteiger partial charge in [0.2, 0.25) is 0 Å². The normalized spacial score (nSPS) is 27.0. The van der Waals surface area contributed by atoms with Crippen LogP contribution in [0.25, 0.3) is 0 Å². The van der Waals surface area contributed by atoms with Gasteiger partial charge in [0, 0.05) is 11.0 Å². The zero-order valence-corrected chi connectivity index (χ0v) is 11.0. The van der Waals surface area contributed by atoms with E-state index in [1.165, 1.54) is 0 Å². The molecule has 0 fully saturated rings. The van der Waals surface area contributed by atoms with E-state index in [0.717, 1.165) is 5.03 Å². The van der Waals surface area contributed by atoms with Crippen LogP contribution in [0.15, 0.2) is 23.3 Å². The summed E-state index contributed by atoms with van der Waals surface area (Å²) in [6, 6.07) is 0. The molecule has 0 aromatic rings. The van der Waals surface area contributed by atoms with Crippen LogP contribution in [0, 0.1) is 11.8 Å². The van der Waals surface area contributed by atoms with Crippen molar-refractivity contribution in [2.45, 2.75) is 46.3 Å². The molecule has 0 N–H and O–H groups in total. The summed E-state index contributed by atoms with van der Waals surface area (Å²) in [6.07, 6.45) is 6.16. The molecule has 0 saturated heterocycles. The maximum Gasteiger partial charge on any atom is 0.0827 e. The zero-order chi connectivity index (χ0) is 11.6. The summed E-state index contributed by atoms with van der Waals surface area (Å²) in [5, 5.41) is 0.810. The highest BCUT2D eigenvalue weighted by atomic mass is 35.5. The molecule has 2 heteroatoms. The summed E-state index contributed by atoms with van der Waals surface area (Å²) >= 11 is 5.93. The zero-order valence-electron chi connectivity index (χ0n) is 10.3. The van der Waals surface area contributed by atoms with Crippen LogP contribution < -0.4 is 0 Å². The maximum atomic E-state index is 6.11. The fourth-order valence-corrected chi connectivity index (χ4v) is 1.67. The van der Waals surface area contributed by atoms with Crippen molar-refractivity contribution in [2.75, 3.05) is 0 Å². The van der Waals surface area contributed by atoms with Gasteiger partial charge in [0.25, 0.3) is 0 Å². The monoisotopic (exact) mass is 228 g/mol. The van der Waals surface area contributed by atoms with Gasteiger partial charge in [0.05, 0.1) is 11.7 Å². The van der Waals surface area contributed by atoms with Crippen molar-refractivity contribution >= 4 is 11.6 Å². The lowest BCUT2D eigenvalue weighted by atomic mass is 9.92. The third-order valence-electron chi connectivity index (χ3n) is 3.22. The molecular formula is C13H21ClO. The molecular weight excluding hydrogens is 208 g/mol. The Morgan fingerprint density at radius 1 is 1.40 bits per heavy atom. The molecule has 0 radical (unpaired) electrons. The average Bonchev–Trinajstić information content (AvgIpc) is 2.09. The van der Waals surface area contributed by atoms with Crippen molar-refractivity contribution in [3.8, 4) is 0 Å². The smallest absolute Gasteiger partial charge is 0.0827 e. The second kappa shape index (κ2) is 4.71. The van der Waals surface area contributed by atoms with E-state index in [2.05, 4.69) is 40.7 Å². The number of halogens is 1. The van der Waals surface area contributed by atoms with Crippen LogP contribution in [0.4, 0.5) is 0 Å². The minimum Gasteiger partial charge on any atom is -0.367 e. The van der Waals surface area contributed by atoms with Gasteiger partial charge in [-0.25, -0.2) is 0 Å². The average molecular weight is 229 g/mol. The van der Waals surface area contributed by atoms with Crippen molar-refractivity contribution in [1.82, 2.24) is 0 Å². The van der Waals surface area contributed by atoms with E-state index >= 15 is 0 Å². The van der Waals surface area contributed by atoms with Crippen molar-refractivity contribution in [1.29, 1.82) is 0 Å². The molecule has 15 heavy (non-hydrogen) atoms. The molecule has 1 aliphatic rings. The largest absolute Gasteiger partial charge is 0.367 e. The Balaban J connectivity index is 2.65. The summed E-state index contributed by atoms with van der Waals surface area (Å²) < 4.78 is 6.11. The molecule has 2 atom stereocenters. The summed E-state index contributed by atoms with van der Waals surface area (Å²) in [5.74, 6) is 0.847. The molecule has 0 amide bonds. The standard InChI is InChI=1S/C13H21ClO/c1-9(2)13(4,5)15-12-7-6-11(14)8-10(12)3/h6-10,12H,1-5H3. The van der Waals surface area contributed by atoms with Crippen molar-refractivity contribution < 1.29 is 4.74 Å². The van der Waals surface area contributed by atoms with Gasteiger partial charge in [0.1, 0.15) is 0 Å². The van der Waals surface area contributed by atoms with E-state index in [1.54, 1.807) is 0 Å². The molecule has 0 heterocycles. The summed E-state index contributed by atoms with van der Waals surface area (Å²) in [7, 11) is 0. The van der Waals surface area contributed by atoms with Gasteiger partial charge in [-0.05, 0) is 25.8 Å². The highest BCUT2D eigenvalue weighted by Gasteiger charge is 2.29. The van der Waals surface area contributed by atoms with Gasteiger partial charge in [-0.1, -0.05) is 44.5 Å². The van der Waals surface area contributed by atoms with E-state index in [-0.39, 0.29) is 11.7 Å². The van der Waals surface area contributed by atoms with Crippen LogP contribution in [-0.4, -0.2) is 11.7 Å². The van der Waals surface area contributed by atoms with E-state index in [9.17, 15) is 0 Å². The first-order chi connectivity index (χ1) is 6.83. The number of ether oxygens (including phenoxy) is 1. The Bertz CT molecular complexity index is 276. The van der Waals surface area contributed by atoms with E-state index in [4.69, 9.17) is 16.3 Å². The lowest BCUT2D eigenvalue weighted by Crippen LogP contribution is -2.37. The van der Waals surface area contributed by atoms with Crippen molar-refractivity contribution in [2.24, 2.45) is 11.8 Å². The SMILES string of the molecule is CC1C=C(Cl)C=CC1OC(C)(C)C(C)C. The minimum absolute atomic E-state index is 0.0963. The van der Waals surface area contributed by atoms with Crippen LogP contribution in [-0.2, 0) is 4.74 Å².